The van der Waals surface area contributed by atoms with Gasteiger partial charge in [-0.2, -0.15) is 0 Å². The lowest BCUT2D eigenvalue weighted by molar-refractivity contribution is -0.159. The number of rotatable bonds is 3. The van der Waals surface area contributed by atoms with E-state index in [-0.39, 0.29) is 5.92 Å². The Balaban J connectivity index is 0.000000431. The molecule has 5 rings (SSSR count). The minimum atomic E-state index is -1.82. The molecule has 2 heterocycles. The summed E-state index contributed by atoms with van der Waals surface area (Å²) in [6.07, 6.45) is 3.10. The molecule has 1 fully saturated rings. The second-order valence-corrected chi connectivity index (χ2v) is 9.10. The molecule has 3 aromatic carbocycles. The van der Waals surface area contributed by atoms with Gasteiger partial charge in [0.05, 0.1) is 5.92 Å². The number of hydrogen-bond acceptors (Lipinski definition) is 4. The molecule has 3 aromatic rings. The van der Waals surface area contributed by atoms with Crippen molar-refractivity contribution in [1.82, 2.24) is 9.80 Å². The number of carbonyl (C=O) groups is 3. The van der Waals surface area contributed by atoms with E-state index in [0.29, 0.717) is 5.91 Å². The third-order valence-electron chi connectivity index (χ3n) is 6.75. The molecule has 0 bridgehead atoms. The van der Waals surface area contributed by atoms with Crippen LogP contribution in [0.3, 0.4) is 0 Å². The lowest BCUT2D eigenvalue weighted by Crippen LogP contribution is -2.46. The summed E-state index contributed by atoms with van der Waals surface area (Å²) < 4.78 is 0. The first kappa shape index (κ1) is 24.4. The van der Waals surface area contributed by atoms with E-state index in [2.05, 4.69) is 76.5 Å². The Morgan fingerprint density at radius 1 is 0.829 bits per heavy atom. The topological polar surface area (TPSA) is 98.2 Å². The molecule has 0 aromatic heterocycles. The zero-order valence-electron chi connectivity index (χ0n) is 19.6. The van der Waals surface area contributed by atoms with Crippen LogP contribution in [-0.2, 0) is 33.9 Å². The lowest BCUT2D eigenvalue weighted by Gasteiger charge is -2.37. The quantitative estimate of drug-likeness (QED) is 0.561. The summed E-state index contributed by atoms with van der Waals surface area (Å²) >= 11 is 0. The molecule has 0 aliphatic carbocycles. The Hall–Kier alpha value is -3.71. The standard InChI is InChI=1S/C26H28N2O.C2H2O4/c29-26(28-16-14-20-7-1-2-9-22(20)19-28)24-12-6-15-27(18-24)17-23-11-5-10-21-8-3-4-13-25(21)23;3-1(4)2(5)6/h1-5,7-11,13,24H,6,12,14-19H2;(H,3,4)(H,5,6). The predicted octanol–water partition coefficient (Wildman–Crippen LogP) is 3.79. The zero-order valence-corrected chi connectivity index (χ0v) is 19.6. The molecule has 0 spiro atoms. The van der Waals surface area contributed by atoms with E-state index >= 15 is 0 Å². The van der Waals surface area contributed by atoms with Gasteiger partial charge in [-0.05, 0) is 53.3 Å². The summed E-state index contributed by atoms with van der Waals surface area (Å²) in [5.74, 6) is -3.17. The lowest BCUT2D eigenvalue weighted by atomic mass is 9.93. The summed E-state index contributed by atoms with van der Waals surface area (Å²) in [7, 11) is 0. The fourth-order valence-electron chi connectivity index (χ4n) is 5.01. The number of piperidine rings is 1. The average Bonchev–Trinajstić information content (AvgIpc) is 2.88. The van der Waals surface area contributed by atoms with Crippen LogP contribution < -0.4 is 0 Å². The maximum absolute atomic E-state index is 13.3. The Bertz CT molecular complexity index is 1210. The number of fused-ring (bicyclic) bond motifs is 2. The number of benzene rings is 3. The van der Waals surface area contributed by atoms with Crippen LogP contribution in [0, 0.1) is 5.92 Å². The van der Waals surface area contributed by atoms with E-state index in [4.69, 9.17) is 19.8 Å². The van der Waals surface area contributed by atoms with Crippen LogP contribution in [0.4, 0.5) is 0 Å². The monoisotopic (exact) mass is 474 g/mol. The van der Waals surface area contributed by atoms with Crippen LogP contribution >= 0.6 is 0 Å². The van der Waals surface area contributed by atoms with E-state index < -0.39 is 11.9 Å². The molecular weight excluding hydrogens is 444 g/mol. The van der Waals surface area contributed by atoms with Crippen LogP contribution in [0.5, 0.6) is 0 Å². The van der Waals surface area contributed by atoms with Gasteiger partial charge in [-0.1, -0.05) is 66.7 Å². The number of aliphatic carboxylic acids is 2. The number of carboxylic acid groups (broad SMARTS) is 2. The molecule has 2 aliphatic rings. The first-order valence-electron chi connectivity index (χ1n) is 11.9. The van der Waals surface area contributed by atoms with Gasteiger partial charge in [-0.15, -0.1) is 0 Å². The first-order valence-corrected chi connectivity index (χ1v) is 11.9. The molecule has 0 radical (unpaired) electrons. The molecule has 1 unspecified atom stereocenters. The number of likely N-dealkylation sites (tertiary alicyclic amines) is 1. The van der Waals surface area contributed by atoms with Crippen molar-refractivity contribution < 1.29 is 24.6 Å². The highest BCUT2D eigenvalue weighted by molar-refractivity contribution is 6.27. The highest BCUT2D eigenvalue weighted by atomic mass is 16.4. The molecule has 182 valence electrons. The molecule has 1 amide bonds. The molecule has 1 saturated heterocycles. The minimum Gasteiger partial charge on any atom is -0.473 e. The van der Waals surface area contributed by atoms with Gasteiger partial charge >= 0.3 is 11.9 Å². The van der Waals surface area contributed by atoms with Gasteiger partial charge in [-0.25, -0.2) is 9.59 Å². The zero-order chi connectivity index (χ0) is 24.8. The number of carboxylic acids is 2. The molecule has 1 atom stereocenters. The largest absolute Gasteiger partial charge is 0.473 e. The Labute approximate surface area is 204 Å². The van der Waals surface area contributed by atoms with Crippen LogP contribution in [0.1, 0.15) is 29.5 Å². The van der Waals surface area contributed by atoms with Crippen molar-refractivity contribution in [1.29, 1.82) is 0 Å². The summed E-state index contributed by atoms with van der Waals surface area (Å²) in [5.41, 5.74) is 4.08. The molecule has 7 nitrogen and oxygen atoms in total. The van der Waals surface area contributed by atoms with Gasteiger partial charge in [0.25, 0.3) is 0 Å². The summed E-state index contributed by atoms with van der Waals surface area (Å²) in [5, 5.41) is 17.4. The van der Waals surface area contributed by atoms with Gasteiger partial charge in [0.15, 0.2) is 0 Å². The van der Waals surface area contributed by atoms with Crippen molar-refractivity contribution in [2.75, 3.05) is 19.6 Å². The van der Waals surface area contributed by atoms with Crippen LogP contribution in [0.15, 0.2) is 66.7 Å². The fraction of sp³-hybridized carbons (Fsp3) is 0.321. The molecule has 2 aliphatic heterocycles. The van der Waals surface area contributed by atoms with E-state index in [1.807, 2.05) is 0 Å². The van der Waals surface area contributed by atoms with Crippen LogP contribution in [0.25, 0.3) is 10.8 Å². The first-order chi connectivity index (χ1) is 16.9. The molecular formula is C28H30N2O5. The van der Waals surface area contributed by atoms with Gasteiger partial charge in [0.1, 0.15) is 0 Å². The molecule has 35 heavy (non-hydrogen) atoms. The number of carbonyl (C=O) groups excluding carboxylic acids is 1. The van der Waals surface area contributed by atoms with Gasteiger partial charge in [0.2, 0.25) is 5.91 Å². The third kappa shape index (κ3) is 6.05. The van der Waals surface area contributed by atoms with E-state index in [1.54, 1.807) is 0 Å². The summed E-state index contributed by atoms with van der Waals surface area (Å²) in [6, 6.07) is 23.7. The number of nitrogens with zero attached hydrogens (tertiary/aromatic N) is 2. The SMILES string of the molecule is O=C(C1CCCN(Cc2cccc3ccccc23)C1)N1CCc2ccccc2C1.O=C(O)C(=O)O. The van der Waals surface area contributed by atoms with Crippen LogP contribution in [0.2, 0.25) is 0 Å². The molecule has 2 N–H and O–H groups in total. The second kappa shape index (κ2) is 11.1. The molecule has 0 saturated carbocycles. The Morgan fingerprint density at radius 2 is 1.51 bits per heavy atom. The third-order valence-corrected chi connectivity index (χ3v) is 6.75. The normalized spacial score (nSPS) is 17.7. The van der Waals surface area contributed by atoms with Crippen LogP contribution in [-0.4, -0.2) is 57.5 Å². The fourth-order valence-corrected chi connectivity index (χ4v) is 5.01. The summed E-state index contributed by atoms with van der Waals surface area (Å²) in [6.45, 7) is 4.51. The van der Waals surface area contributed by atoms with Crippen molar-refractivity contribution in [3.8, 4) is 0 Å². The van der Waals surface area contributed by atoms with Crippen molar-refractivity contribution in [3.05, 3.63) is 83.4 Å². The maximum atomic E-state index is 13.3. The van der Waals surface area contributed by atoms with E-state index in [1.165, 1.54) is 27.5 Å². The van der Waals surface area contributed by atoms with Crippen molar-refractivity contribution in [2.45, 2.75) is 32.4 Å². The van der Waals surface area contributed by atoms with Crippen molar-refractivity contribution in [3.63, 3.8) is 0 Å². The molecule has 7 heteroatoms. The average molecular weight is 475 g/mol. The number of amides is 1. The van der Waals surface area contributed by atoms with E-state index in [0.717, 1.165) is 52.0 Å². The second-order valence-electron chi connectivity index (χ2n) is 9.10. The van der Waals surface area contributed by atoms with E-state index in [9.17, 15) is 4.79 Å². The van der Waals surface area contributed by atoms with Crippen molar-refractivity contribution >= 4 is 28.6 Å². The predicted molar refractivity (Wildman–Crippen MR) is 133 cm³/mol. The van der Waals surface area contributed by atoms with Gasteiger partial charge < -0.3 is 15.1 Å². The Kier molecular flexibility index (Phi) is 7.77. The number of hydrogen-bond donors (Lipinski definition) is 2. The van der Waals surface area contributed by atoms with Gasteiger partial charge in [0, 0.05) is 26.2 Å². The summed E-state index contributed by atoms with van der Waals surface area (Å²) in [4.78, 5) is 36.0. The maximum Gasteiger partial charge on any atom is 0.414 e. The smallest absolute Gasteiger partial charge is 0.414 e. The van der Waals surface area contributed by atoms with Crippen molar-refractivity contribution in [2.24, 2.45) is 5.92 Å². The Morgan fingerprint density at radius 3 is 2.29 bits per heavy atom. The van der Waals surface area contributed by atoms with Gasteiger partial charge in [-0.3, -0.25) is 9.69 Å². The highest BCUT2D eigenvalue weighted by Gasteiger charge is 2.31. The highest BCUT2D eigenvalue weighted by Crippen LogP contribution is 2.26. The minimum absolute atomic E-state index is 0.129.